The Morgan fingerprint density at radius 1 is 0.674 bits per heavy atom. The fraction of sp³-hybridized carbons (Fsp3) is 0.875. The molecule has 0 aromatic carbocycles. The lowest BCUT2D eigenvalue weighted by molar-refractivity contribution is -0.128. The predicted molar refractivity (Wildman–Crippen MR) is 198 cm³/mol. The van der Waals surface area contributed by atoms with Crippen molar-refractivity contribution in [2.75, 3.05) is 36.1 Å². The van der Waals surface area contributed by atoms with E-state index in [1.165, 1.54) is 34.4 Å². The van der Waals surface area contributed by atoms with Crippen LogP contribution in [0.4, 0.5) is 9.59 Å². The molecule has 0 aromatic heterocycles. The molecule has 1 aliphatic carbocycles. The maximum atomic E-state index is 13.2. The Bertz CT molecular complexity index is 989. The number of amides is 3. The second-order valence-corrected chi connectivity index (χ2v) is 20.7. The van der Waals surface area contributed by atoms with E-state index in [0.717, 1.165) is 18.1 Å². The van der Waals surface area contributed by atoms with Crippen LogP contribution in [0.1, 0.15) is 95.9 Å². The summed E-state index contributed by atoms with van der Waals surface area (Å²) in [5.74, 6) is 1.98. The predicted octanol–water partition coefficient (Wildman–Crippen LogP) is 6.27. The molecule has 4 unspecified atom stereocenters. The Hall–Kier alpha value is -0.960. The van der Waals surface area contributed by atoms with Crippen LogP contribution in [-0.2, 0) is 19.1 Å². The summed E-state index contributed by atoms with van der Waals surface area (Å²) in [6, 6.07) is -1.62. The van der Waals surface area contributed by atoms with Crippen molar-refractivity contribution in [1.29, 1.82) is 0 Å². The Labute approximate surface area is 294 Å². The van der Waals surface area contributed by atoms with Gasteiger partial charge in [0, 0.05) is 57.6 Å². The minimum atomic E-state index is -0.838. The first-order valence-electron chi connectivity index (χ1n) is 16.0. The summed E-state index contributed by atoms with van der Waals surface area (Å²) < 4.78 is 10.8. The summed E-state index contributed by atoms with van der Waals surface area (Å²) in [5, 5.41) is 13.2. The zero-order valence-electron chi connectivity index (χ0n) is 30.0. The van der Waals surface area contributed by atoms with Crippen molar-refractivity contribution in [2.45, 2.75) is 135 Å². The van der Waals surface area contributed by atoms with Crippen molar-refractivity contribution >= 4 is 69.0 Å². The van der Waals surface area contributed by atoms with Gasteiger partial charge in [-0.3, -0.25) is 9.59 Å². The molecule has 0 bridgehead atoms. The van der Waals surface area contributed by atoms with Crippen LogP contribution in [0.25, 0.3) is 0 Å². The van der Waals surface area contributed by atoms with Crippen molar-refractivity contribution in [3.05, 3.63) is 0 Å². The molecule has 0 spiro atoms. The normalized spacial score (nSPS) is 18.5. The molecule has 0 heterocycles. The minimum absolute atomic E-state index is 0.126. The number of ketones is 1. The monoisotopic (exact) mass is 724 g/mol. The zero-order valence-corrected chi connectivity index (χ0v) is 33.3. The third-order valence-electron chi connectivity index (χ3n) is 6.28. The Morgan fingerprint density at radius 2 is 1.11 bits per heavy atom. The molecule has 0 aromatic rings. The molecule has 1 saturated carbocycles. The lowest BCUT2D eigenvalue weighted by atomic mass is 9.87. The molecule has 1 fully saturated rings. The third-order valence-corrected chi connectivity index (χ3v) is 11.7. The van der Waals surface area contributed by atoms with Gasteiger partial charge < -0.3 is 30.7 Å². The number of rotatable bonds is 17. The highest BCUT2D eigenvalue weighted by Gasteiger charge is 2.33. The van der Waals surface area contributed by atoms with E-state index in [1.807, 2.05) is 23.5 Å². The second kappa shape index (κ2) is 19.3. The van der Waals surface area contributed by atoms with E-state index in [4.69, 9.17) is 9.47 Å². The average Bonchev–Trinajstić information content (AvgIpc) is 2.84. The third kappa shape index (κ3) is 19.8. The summed E-state index contributed by atoms with van der Waals surface area (Å²) in [7, 11) is 2.69. The number of carbonyl (C=O) groups is 4. The van der Waals surface area contributed by atoms with Crippen LogP contribution in [0, 0.1) is 5.41 Å². The number of hydrogen-bond acceptors (Lipinski definition) is 11. The molecular formula is C32H60N4O6S4. The Balaban J connectivity index is 2.67. The van der Waals surface area contributed by atoms with E-state index in [0.29, 0.717) is 17.0 Å². The SMILES string of the molecule is CC(C)(C)NCCSC1CCC1SCCNC(=O)C(CSSCC(NC(=O)OC(C)(C)C)C(=O)C(C)(C)C)NC(=O)OC(C)(C)C. The van der Waals surface area contributed by atoms with Crippen LogP contribution in [0.15, 0.2) is 0 Å². The molecule has 4 N–H and O–H groups in total. The van der Waals surface area contributed by atoms with Crippen molar-refractivity contribution in [2.24, 2.45) is 5.41 Å². The van der Waals surface area contributed by atoms with Gasteiger partial charge in [-0.25, -0.2) is 9.59 Å². The molecule has 268 valence electrons. The number of hydrogen-bond donors (Lipinski definition) is 4. The second-order valence-electron chi connectivity index (χ2n) is 15.4. The molecule has 4 atom stereocenters. The van der Waals surface area contributed by atoms with Crippen LogP contribution < -0.4 is 21.3 Å². The van der Waals surface area contributed by atoms with Crippen molar-refractivity contribution in [1.82, 2.24) is 21.3 Å². The first kappa shape index (κ1) is 43.1. The molecule has 0 saturated heterocycles. The summed E-state index contributed by atoms with van der Waals surface area (Å²) in [6.45, 7) is 24.0. The van der Waals surface area contributed by atoms with Gasteiger partial charge in [0.25, 0.3) is 0 Å². The highest BCUT2D eigenvalue weighted by molar-refractivity contribution is 8.76. The Morgan fingerprint density at radius 3 is 1.52 bits per heavy atom. The van der Waals surface area contributed by atoms with Crippen molar-refractivity contribution in [3.63, 3.8) is 0 Å². The highest BCUT2D eigenvalue weighted by atomic mass is 33.1. The molecule has 0 aliphatic heterocycles. The average molecular weight is 725 g/mol. The smallest absolute Gasteiger partial charge is 0.408 e. The quantitative estimate of drug-likeness (QED) is 0.0999. The van der Waals surface area contributed by atoms with Crippen LogP contribution >= 0.6 is 45.1 Å². The van der Waals surface area contributed by atoms with Crippen molar-refractivity contribution < 1.29 is 28.7 Å². The first-order valence-corrected chi connectivity index (χ1v) is 20.6. The Kier molecular flexibility index (Phi) is 18.1. The number of carbonyl (C=O) groups excluding carboxylic acids is 4. The van der Waals surface area contributed by atoms with Gasteiger partial charge in [-0.2, -0.15) is 23.5 Å². The molecule has 46 heavy (non-hydrogen) atoms. The van der Waals surface area contributed by atoms with Gasteiger partial charge in [0.1, 0.15) is 23.3 Å². The number of ether oxygens (including phenoxy) is 2. The van der Waals surface area contributed by atoms with Crippen LogP contribution in [0.5, 0.6) is 0 Å². The summed E-state index contributed by atoms with van der Waals surface area (Å²) in [5.41, 5.74) is -1.95. The van der Waals surface area contributed by atoms with Crippen LogP contribution in [0.3, 0.4) is 0 Å². The minimum Gasteiger partial charge on any atom is -0.444 e. The highest BCUT2D eigenvalue weighted by Crippen LogP contribution is 2.39. The summed E-state index contributed by atoms with van der Waals surface area (Å²) in [4.78, 5) is 51.3. The molecule has 3 amide bonds. The van der Waals surface area contributed by atoms with E-state index in [9.17, 15) is 19.2 Å². The molecule has 1 rings (SSSR count). The van der Waals surface area contributed by atoms with Gasteiger partial charge in [-0.15, -0.1) is 0 Å². The first-order chi connectivity index (χ1) is 21.0. The maximum Gasteiger partial charge on any atom is 0.408 e. The molecule has 0 radical (unpaired) electrons. The van der Waals surface area contributed by atoms with Gasteiger partial charge in [0.05, 0.1) is 0 Å². The van der Waals surface area contributed by atoms with Gasteiger partial charge in [0.2, 0.25) is 5.91 Å². The fourth-order valence-corrected chi connectivity index (χ4v) is 9.14. The maximum absolute atomic E-state index is 13.2. The van der Waals surface area contributed by atoms with E-state index in [-0.39, 0.29) is 28.7 Å². The number of thioether (sulfide) groups is 2. The lowest BCUT2D eigenvalue weighted by Crippen LogP contribution is -2.50. The molecule has 10 nitrogen and oxygen atoms in total. The van der Waals surface area contributed by atoms with E-state index in [2.05, 4.69) is 42.0 Å². The lowest BCUT2D eigenvalue weighted by Gasteiger charge is -2.36. The van der Waals surface area contributed by atoms with Crippen LogP contribution in [0.2, 0.25) is 0 Å². The standard InChI is InChI=1S/C32H60N4O6S4/c1-29(2,3)25(37)21(35-27(39)41-31(7,8)9)19-45-46-20-22(36-28(40)42-32(10,11)12)26(38)33-15-17-43-23-13-14-24(23)44-18-16-34-30(4,5)6/h21-24,34H,13-20H2,1-12H3,(H,33,38)(H,35,39)(H,36,40). The molecule has 1 aliphatic rings. The fourth-order valence-electron chi connectivity index (χ4n) is 3.98. The van der Waals surface area contributed by atoms with Gasteiger partial charge in [0.15, 0.2) is 5.78 Å². The van der Waals surface area contributed by atoms with E-state index in [1.54, 1.807) is 62.3 Å². The summed E-state index contributed by atoms with van der Waals surface area (Å²) >= 11 is 3.92. The van der Waals surface area contributed by atoms with Gasteiger partial charge in [-0.05, 0) is 75.2 Å². The molecular weight excluding hydrogens is 665 g/mol. The number of Topliss-reactive ketones (excluding diaryl/α,β-unsaturated/α-hetero) is 1. The largest absolute Gasteiger partial charge is 0.444 e. The molecule has 14 heteroatoms. The van der Waals surface area contributed by atoms with E-state index >= 15 is 0 Å². The zero-order chi connectivity index (χ0) is 35.3. The van der Waals surface area contributed by atoms with Crippen molar-refractivity contribution in [3.8, 4) is 0 Å². The van der Waals surface area contributed by atoms with Crippen LogP contribution in [-0.4, -0.2) is 99.3 Å². The van der Waals surface area contributed by atoms with E-state index < -0.39 is 40.9 Å². The van der Waals surface area contributed by atoms with Gasteiger partial charge >= 0.3 is 12.2 Å². The van der Waals surface area contributed by atoms with Gasteiger partial charge in [-0.1, -0.05) is 42.4 Å². The summed E-state index contributed by atoms with van der Waals surface area (Å²) in [6.07, 6.45) is 1.10. The number of nitrogens with one attached hydrogen (secondary N) is 4. The number of alkyl carbamates (subject to hydrolysis) is 2. The topological polar surface area (TPSA) is 135 Å².